The van der Waals surface area contributed by atoms with Crippen molar-refractivity contribution < 1.29 is 9.53 Å². The molecule has 1 N–H and O–H groups in total. The Kier molecular flexibility index (Phi) is 3.59. The molecule has 4 heteroatoms. The SMILES string of the molecule is COC(=O)CCNC1CCN2CCCC12. The first-order valence-corrected chi connectivity index (χ1v) is 5.85. The summed E-state index contributed by atoms with van der Waals surface area (Å²) in [5.41, 5.74) is 0. The fourth-order valence-corrected chi connectivity index (χ4v) is 2.78. The van der Waals surface area contributed by atoms with Gasteiger partial charge in [-0.2, -0.15) is 0 Å². The van der Waals surface area contributed by atoms with E-state index in [0.29, 0.717) is 12.5 Å². The average molecular weight is 212 g/mol. The molecule has 4 nitrogen and oxygen atoms in total. The second-order valence-corrected chi connectivity index (χ2v) is 4.42. The Morgan fingerprint density at radius 2 is 2.33 bits per heavy atom. The van der Waals surface area contributed by atoms with E-state index in [-0.39, 0.29) is 5.97 Å². The molecule has 0 aromatic rings. The molecule has 2 rings (SSSR count). The van der Waals surface area contributed by atoms with Crippen molar-refractivity contribution in [3.05, 3.63) is 0 Å². The molecule has 0 radical (unpaired) electrons. The monoisotopic (exact) mass is 212 g/mol. The lowest BCUT2D eigenvalue weighted by Crippen LogP contribution is -2.40. The van der Waals surface area contributed by atoms with Crippen LogP contribution in [0.5, 0.6) is 0 Å². The van der Waals surface area contributed by atoms with Crippen LogP contribution in [0.25, 0.3) is 0 Å². The number of carbonyl (C=O) groups is 1. The van der Waals surface area contributed by atoms with Crippen LogP contribution in [0.1, 0.15) is 25.7 Å². The Labute approximate surface area is 91.0 Å². The maximum absolute atomic E-state index is 10.9. The van der Waals surface area contributed by atoms with Gasteiger partial charge in [0.05, 0.1) is 13.5 Å². The summed E-state index contributed by atoms with van der Waals surface area (Å²) >= 11 is 0. The first-order valence-electron chi connectivity index (χ1n) is 5.85. The summed E-state index contributed by atoms with van der Waals surface area (Å²) in [6.07, 6.45) is 4.36. The second kappa shape index (κ2) is 4.94. The Balaban J connectivity index is 1.69. The van der Waals surface area contributed by atoms with Gasteiger partial charge in [0.1, 0.15) is 0 Å². The summed E-state index contributed by atoms with van der Waals surface area (Å²) < 4.78 is 4.61. The zero-order valence-corrected chi connectivity index (χ0v) is 9.37. The predicted octanol–water partition coefficient (Wildman–Crippen LogP) is 0.376. The van der Waals surface area contributed by atoms with Crippen molar-refractivity contribution in [3.63, 3.8) is 0 Å². The molecule has 0 saturated carbocycles. The van der Waals surface area contributed by atoms with Gasteiger partial charge in [-0.15, -0.1) is 0 Å². The third-order valence-electron chi connectivity index (χ3n) is 3.57. The Bertz CT molecular complexity index is 233. The fourth-order valence-electron chi connectivity index (χ4n) is 2.78. The van der Waals surface area contributed by atoms with E-state index in [4.69, 9.17) is 0 Å². The molecule has 2 heterocycles. The van der Waals surface area contributed by atoms with Gasteiger partial charge in [-0.05, 0) is 25.8 Å². The zero-order valence-electron chi connectivity index (χ0n) is 9.37. The number of fused-ring (bicyclic) bond motifs is 1. The molecule has 2 atom stereocenters. The van der Waals surface area contributed by atoms with Gasteiger partial charge in [-0.25, -0.2) is 0 Å². The Hall–Kier alpha value is -0.610. The summed E-state index contributed by atoms with van der Waals surface area (Å²) in [7, 11) is 1.44. The van der Waals surface area contributed by atoms with Crippen molar-refractivity contribution in [3.8, 4) is 0 Å². The summed E-state index contributed by atoms with van der Waals surface area (Å²) in [4.78, 5) is 13.5. The van der Waals surface area contributed by atoms with Gasteiger partial charge in [0.2, 0.25) is 0 Å². The number of ether oxygens (including phenoxy) is 1. The molecule has 15 heavy (non-hydrogen) atoms. The number of methoxy groups -OCH3 is 1. The number of hydrogen-bond acceptors (Lipinski definition) is 4. The standard InChI is InChI=1S/C11H20N2O2/c1-15-11(14)4-6-12-9-5-8-13-7-2-3-10(9)13/h9-10,12H,2-8H2,1H3. The number of rotatable bonds is 4. The minimum atomic E-state index is -0.122. The van der Waals surface area contributed by atoms with Gasteiger partial charge in [-0.3, -0.25) is 9.69 Å². The lowest BCUT2D eigenvalue weighted by atomic mass is 10.1. The van der Waals surface area contributed by atoms with Crippen molar-refractivity contribution in [2.24, 2.45) is 0 Å². The molecular weight excluding hydrogens is 192 g/mol. The number of carbonyl (C=O) groups excluding carboxylic acids is 1. The largest absolute Gasteiger partial charge is 0.469 e. The first kappa shape index (κ1) is 10.9. The normalized spacial score (nSPS) is 30.5. The molecule has 0 aromatic heterocycles. The van der Waals surface area contributed by atoms with Gasteiger partial charge in [-0.1, -0.05) is 0 Å². The smallest absolute Gasteiger partial charge is 0.306 e. The highest BCUT2D eigenvalue weighted by Crippen LogP contribution is 2.27. The minimum Gasteiger partial charge on any atom is -0.469 e. The molecule has 2 aliphatic heterocycles. The molecule has 86 valence electrons. The highest BCUT2D eigenvalue weighted by molar-refractivity contribution is 5.69. The number of esters is 1. The second-order valence-electron chi connectivity index (χ2n) is 4.42. The summed E-state index contributed by atoms with van der Waals surface area (Å²) in [6.45, 7) is 3.24. The summed E-state index contributed by atoms with van der Waals surface area (Å²) in [5, 5.41) is 3.48. The molecule has 2 aliphatic rings. The third-order valence-corrected chi connectivity index (χ3v) is 3.57. The van der Waals surface area contributed by atoms with Crippen LogP contribution in [0, 0.1) is 0 Å². The lowest BCUT2D eigenvalue weighted by molar-refractivity contribution is -0.140. The van der Waals surface area contributed by atoms with Gasteiger partial charge >= 0.3 is 5.97 Å². The van der Waals surface area contributed by atoms with E-state index >= 15 is 0 Å². The van der Waals surface area contributed by atoms with Crippen molar-refractivity contribution >= 4 is 5.97 Å². The van der Waals surface area contributed by atoms with E-state index in [0.717, 1.165) is 12.6 Å². The van der Waals surface area contributed by atoms with Crippen molar-refractivity contribution in [1.82, 2.24) is 10.2 Å². The molecule has 2 saturated heterocycles. The summed E-state index contributed by atoms with van der Waals surface area (Å²) in [5.74, 6) is -0.122. The van der Waals surface area contributed by atoms with Crippen LogP contribution in [0.2, 0.25) is 0 Å². The van der Waals surface area contributed by atoms with Crippen LogP contribution in [0.15, 0.2) is 0 Å². The maximum atomic E-state index is 10.9. The van der Waals surface area contributed by atoms with Gasteiger partial charge in [0.25, 0.3) is 0 Å². The Morgan fingerprint density at radius 3 is 3.13 bits per heavy atom. The maximum Gasteiger partial charge on any atom is 0.306 e. The first-order chi connectivity index (χ1) is 7.31. The predicted molar refractivity (Wildman–Crippen MR) is 57.6 cm³/mol. The van der Waals surface area contributed by atoms with Crippen LogP contribution in [-0.2, 0) is 9.53 Å². The van der Waals surface area contributed by atoms with Gasteiger partial charge in [0, 0.05) is 25.2 Å². The average Bonchev–Trinajstić information content (AvgIpc) is 2.81. The van der Waals surface area contributed by atoms with Crippen LogP contribution in [0.3, 0.4) is 0 Å². The molecule has 2 fully saturated rings. The highest BCUT2D eigenvalue weighted by Gasteiger charge is 2.36. The van der Waals surface area contributed by atoms with E-state index in [1.807, 2.05) is 0 Å². The van der Waals surface area contributed by atoms with Gasteiger partial charge < -0.3 is 10.1 Å². The van der Waals surface area contributed by atoms with Crippen LogP contribution in [-0.4, -0.2) is 49.7 Å². The highest BCUT2D eigenvalue weighted by atomic mass is 16.5. The quantitative estimate of drug-likeness (QED) is 0.684. The molecule has 2 unspecified atom stereocenters. The van der Waals surface area contributed by atoms with E-state index < -0.39 is 0 Å². The molecule has 0 bridgehead atoms. The molecule has 0 spiro atoms. The van der Waals surface area contributed by atoms with E-state index in [1.54, 1.807) is 0 Å². The summed E-state index contributed by atoms with van der Waals surface area (Å²) in [6, 6.07) is 1.32. The van der Waals surface area contributed by atoms with Crippen LogP contribution < -0.4 is 5.32 Å². The van der Waals surface area contributed by atoms with Crippen LogP contribution >= 0.6 is 0 Å². The fraction of sp³-hybridized carbons (Fsp3) is 0.909. The number of hydrogen-bond donors (Lipinski definition) is 1. The van der Waals surface area contributed by atoms with Crippen molar-refractivity contribution in [1.29, 1.82) is 0 Å². The molecule has 0 aliphatic carbocycles. The van der Waals surface area contributed by atoms with Crippen molar-refractivity contribution in [2.75, 3.05) is 26.7 Å². The van der Waals surface area contributed by atoms with Gasteiger partial charge in [0.15, 0.2) is 0 Å². The molecule has 0 amide bonds. The zero-order chi connectivity index (χ0) is 10.7. The third kappa shape index (κ3) is 2.49. The van der Waals surface area contributed by atoms with E-state index in [9.17, 15) is 4.79 Å². The minimum absolute atomic E-state index is 0.122. The Morgan fingerprint density at radius 1 is 1.47 bits per heavy atom. The molecular formula is C11H20N2O2. The van der Waals surface area contributed by atoms with Crippen molar-refractivity contribution in [2.45, 2.75) is 37.8 Å². The van der Waals surface area contributed by atoms with Crippen LogP contribution in [0.4, 0.5) is 0 Å². The number of nitrogens with one attached hydrogen (secondary N) is 1. The van der Waals surface area contributed by atoms with E-state index in [1.165, 1.54) is 39.5 Å². The molecule has 0 aromatic carbocycles. The topological polar surface area (TPSA) is 41.6 Å². The lowest BCUT2D eigenvalue weighted by Gasteiger charge is -2.20. The number of nitrogens with zero attached hydrogens (tertiary/aromatic N) is 1. The van der Waals surface area contributed by atoms with E-state index in [2.05, 4.69) is 15.0 Å².